The van der Waals surface area contributed by atoms with Crippen molar-refractivity contribution < 1.29 is 0 Å². The van der Waals surface area contributed by atoms with Crippen molar-refractivity contribution in [1.29, 1.82) is 0 Å². The number of nitrogens with zero attached hydrogens (tertiary/aromatic N) is 1. The highest BCUT2D eigenvalue weighted by Crippen LogP contribution is 2.54. The minimum atomic E-state index is 0.601. The number of nitrogens with one attached hydrogen (secondary N) is 1. The molecule has 1 fully saturated rings. The third-order valence-corrected chi connectivity index (χ3v) is 4.15. The molecular formula is C13H13ClN2S. The summed E-state index contributed by atoms with van der Waals surface area (Å²) in [5.74, 6) is 1.23. The quantitative estimate of drug-likeness (QED) is 0.847. The summed E-state index contributed by atoms with van der Waals surface area (Å²) in [6.07, 6.45) is 3.25. The Morgan fingerprint density at radius 1 is 1.29 bits per heavy atom. The molecule has 0 spiro atoms. The van der Waals surface area contributed by atoms with E-state index >= 15 is 0 Å². The zero-order valence-corrected chi connectivity index (χ0v) is 11.1. The normalized spacial score (nSPS) is 22.7. The number of hydrogen-bond acceptors (Lipinski definition) is 2. The Balaban J connectivity index is 1.75. The molecule has 1 heterocycles. The van der Waals surface area contributed by atoms with Crippen molar-refractivity contribution >= 4 is 23.4 Å². The first-order valence-electron chi connectivity index (χ1n) is 5.62. The minimum absolute atomic E-state index is 0.601. The Morgan fingerprint density at radius 2 is 2.06 bits per heavy atom. The lowest BCUT2D eigenvalue weighted by Crippen LogP contribution is -1.84. The molecule has 0 aliphatic heterocycles. The van der Waals surface area contributed by atoms with E-state index in [1.165, 1.54) is 17.7 Å². The van der Waals surface area contributed by atoms with Gasteiger partial charge in [-0.25, -0.2) is 0 Å². The van der Waals surface area contributed by atoms with Crippen molar-refractivity contribution in [3.8, 4) is 0 Å². The van der Waals surface area contributed by atoms with Gasteiger partial charge in [0.05, 0.1) is 0 Å². The smallest absolute Gasteiger partial charge is 0.118 e. The summed E-state index contributed by atoms with van der Waals surface area (Å²) in [5.41, 5.74) is 2.63. The van der Waals surface area contributed by atoms with Gasteiger partial charge in [-0.15, -0.1) is 11.8 Å². The van der Waals surface area contributed by atoms with Crippen LogP contribution in [0, 0.1) is 0 Å². The predicted octanol–water partition coefficient (Wildman–Crippen LogP) is 4.06. The lowest BCUT2D eigenvalue weighted by atomic mass is 10.1. The van der Waals surface area contributed by atoms with E-state index < -0.39 is 0 Å². The van der Waals surface area contributed by atoms with Gasteiger partial charge in [0.2, 0.25) is 0 Å². The van der Waals surface area contributed by atoms with Gasteiger partial charge >= 0.3 is 0 Å². The second-order valence-electron chi connectivity index (χ2n) is 4.37. The van der Waals surface area contributed by atoms with Crippen molar-refractivity contribution in [2.45, 2.75) is 23.3 Å². The fraction of sp³-hybridized carbons (Fsp3) is 0.308. The molecular weight excluding hydrogens is 252 g/mol. The molecule has 1 N–H and O–H groups in total. The summed E-state index contributed by atoms with van der Waals surface area (Å²) in [6, 6.07) is 10.3. The van der Waals surface area contributed by atoms with E-state index in [1.54, 1.807) is 11.8 Å². The van der Waals surface area contributed by atoms with Gasteiger partial charge < -0.3 is 0 Å². The summed E-state index contributed by atoms with van der Waals surface area (Å²) in [6.45, 7) is 0. The van der Waals surface area contributed by atoms with Crippen molar-refractivity contribution in [2.75, 3.05) is 6.26 Å². The molecule has 1 aromatic heterocycles. The lowest BCUT2D eigenvalue weighted by Gasteiger charge is -1.99. The van der Waals surface area contributed by atoms with Gasteiger partial charge in [0, 0.05) is 16.6 Å². The summed E-state index contributed by atoms with van der Waals surface area (Å²) < 4.78 is 0. The topological polar surface area (TPSA) is 28.7 Å². The van der Waals surface area contributed by atoms with E-state index in [0.29, 0.717) is 11.8 Å². The monoisotopic (exact) mass is 264 g/mol. The van der Waals surface area contributed by atoms with Crippen LogP contribution in [0.3, 0.4) is 0 Å². The molecule has 17 heavy (non-hydrogen) atoms. The Hall–Kier alpha value is -0.930. The van der Waals surface area contributed by atoms with Gasteiger partial charge in [0.15, 0.2) is 0 Å². The van der Waals surface area contributed by atoms with Crippen molar-refractivity contribution in [1.82, 2.24) is 10.2 Å². The van der Waals surface area contributed by atoms with Gasteiger partial charge in [0.25, 0.3) is 0 Å². The highest BCUT2D eigenvalue weighted by Gasteiger charge is 2.40. The Labute approximate surface area is 110 Å². The third-order valence-electron chi connectivity index (χ3n) is 3.27. The van der Waals surface area contributed by atoms with Crippen LogP contribution in [0.2, 0.25) is 5.02 Å². The fourth-order valence-electron chi connectivity index (χ4n) is 2.23. The van der Waals surface area contributed by atoms with Crippen LogP contribution < -0.4 is 0 Å². The van der Waals surface area contributed by atoms with Crippen LogP contribution in [0.25, 0.3) is 0 Å². The minimum Gasteiger partial charge on any atom is -0.281 e. The van der Waals surface area contributed by atoms with Crippen LogP contribution in [0.1, 0.15) is 29.5 Å². The fourth-order valence-corrected chi connectivity index (χ4v) is 2.74. The standard InChI is InChI=1S/C13H13ClN2S/c1-17-13-7-12(15-16-13)11-6-10(11)8-2-4-9(14)5-3-8/h2-5,7,10-11H,6H2,1H3,(H,15,16). The van der Waals surface area contributed by atoms with E-state index in [1.807, 2.05) is 18.4 Å². The second-order valence-corrected chi connectivity index (χ2v) is 5.63. The van der Waals surface area contributed by atoms with Crippen LogP contribution in [0.5, 0.6) is 0 Å². The summed E-state index contributed by atoms with van der Waals surface area (Å²) in [7, 11) is 0. The lowest BCUT2D eigenvalue weighted by molar-refractivity contribution is 0.916. The van der Waals surface area contributed by atoms with Gasteiger partial charge in [0.1, 0.15) is 5.03 Å². The number of H-pyrrole nitrogens is 1. The maximum atomic E-state index is 5.89. The average Bonchev–Trinajstić information content (AvgIpc) is 3.00. The molecule has 1 aliphatic carbocycles. The molecule has 2 atom stereocenters. The van der Waals surface area contributed by atoms with Gasteiger partial charge in [-0.05, 0) is 42.4 Å². The molecule has 1 aliphatic rings. The molecule has 0 amide bonds. The van der Waals surface area contributed by atoms with Crippen molar-refractivity contribution in [2.24, 2.45) is 0 Å². The van der Waals surface area contributed by atoms with E-state index in [0.717, 1.165) is 10.0 Å². The van der Waals surface area contributed by atoms with E-state index in [-0.39, 0.29) is 0 Å². The summed E-state index contributed by atoms with van der Waals surface area (Å²) in [5, 5.41) is 9.26. The zero-order valence-electron chi connectivity index (χ0n) is 9.48. The first-order valence-corrected chi connectivity index (χ1v) is 7.23. The number of thioether (sulfide) groups is 1. The third kappa shape index (κ3) is 2.22. The molecule has 2 aromatic rings. The van der Waals surface area contributed by atoms with E-state index in [2.05, 4.69) is 28.4 Å². The first kappa shape index (κ1) is 11.2. The number of benzene rings is 1. The van der Waals surface area contributed by atoms with Gasteiger partial charge in [-0.3, -0.25) is 5.10 Å². The predicted molar refractivity (Wildman–Crippen MR) is 71.9 cm³/mol. The maximum absolute atomic E-state index is 5.89. The largest absolute Gasteiger partial charge is 0.281 e. The molecule has 2 unspecified atom stereocenters. The Bertz CT molecular complexity index is 520. The molecule has 88 valence electrons. The number of hydrogen-bond donors (Lipinski definition) is 1. The maximum Gasteiger partial charge on any atom is 0.118 e. The zero-order chi connectivity index (χ0) is 11.8. The van der Waals surface area contributed by atoms with Crippen LogP contribution in [-0.2, 0) is 0 Å². The van der Waals surface area contributed by atoms with E-state index in [9.17, 15) is 0 Å². The number of rotatable bonds is 3. The SMILES string of the molecule is CSc1cc(C2CC2c2ccc(Cl)cc2)[nH]n1. The van der Waals surface area contributed by atoms with Crippen LogP contribution in [-0.4, -0.2) is 16.5 Å². The van der Waals surface area contributed by atoms with Crippen LogP contribution in [0.15, 0.2) is 35.4 Å². The second kappa shape index (κ2) is 4.39. The number of aromatic amines is 1. The average molecular weight is 265 g/mol. The summed E-state index contributed by atoms with van der Waals surface area (Å²) >= 11 is 7.57. The molecule has 3 rings (SSSR count). The highest BCUT2D eigenvalue weighted by atomic mass is 35.5. The molecule has 0 radical (unpaired) electrons. The van der Waals surface area contributed by atoms with Crippen molar-refractivity contribution in [3.05, 3.63) is 46.6 Å². The molecule has 1 saturated carbocycles. The molecule has 1 aromatic carbocycles. The number of halogens is 1. The highest BCUT2D eigenvalue weighted by molar-refractivity contribution is 7.98. The summed E-state index contributed by atoms with van der Waals surface area (Å²) in [4.78, 5) is 0. The Morgan fingerprint density at radius 3 is 2.71 bits per heavy atom. The Kier molecular flexibility index (Phi) is 2.89. The first-order chi connectivity index (χ1) is 8.28. The molecule has 2 nitrogen and oxygen atoms in total. The van der Waals surface area contributed by atoms with Crippen molar-refractivity contribution in [3.63, 3.8) is 0 Å². The van der Waals surface area contributed by atoms with Gasteiger partial charge in [-0.1, -0.05) is 23.7 Å². The van der Waals surface area contributed by atoms with Crippen LogP contribution >= 0.6 is 23.4 Å². The van der Waals surface area contributed by atoms with Gasteiger partial charge in [-0.2, -0.15) is 5.10 Å². The molecule has 4 heteroatoms. The number of aromatic nitrogens is 2. The molecule has 0 bridgehead atoms. The van der Waals surface area contributed by atoms with E-state index in [4.69, 9.17) is 11.6 Å². The van der Waals surface area contributed by atoms with Crippen LogP contribution in [0.4, 0.5) is 0 Å². The molecule has 0 saturated heterocycles.